The highest BCUT2D eigenvalue weighted by Gasteiger charge is 2.35. The fraction of sp³-hybridized carbons (Fsp3) is 0.933. The van der Waals surface area contributed by atoms with Gasteiger partial charge in [0.2, 0.25) is 5.91 Å². The monoisotopic (exact) mass is 267 g/mol. The number of nitrogens with two attached hydrogens (primary N) is 1. The summed E-state index contributed by atoms with van der Waals surface area (Å²) in [6, 6.07) is 0.861. The molecule has 0 spiro atoms. The van der Waals surface area contributed by atoms with Crippen molar-refractivity contribution in [2.45, 2.75) is 51.1 Å². The van der Waals surface area contributed by atoms with E-state index in [1.54, 1.807) is 0 Å². The molecule has 0 aromatic rings. The van der Waals surface area contributed by atoms with Gasteiger partial charge in [0.1, 0.15) is 0 Å². The van der Waals surface area contributed by atoms with Crippen LogP contribution in [-0.2, 0) is 4.79 Å². The Labute approximate surface area is 117 Å². The summed E-state index contributed by atoms with van der Waals surface area (Å²) in [5.74, 6) is 1.03. The van der Waals surface area contributed by atoms with Crippen molar-refractivity contribution in [3.63, 3.8) is 0 Å². The molecule has 110 valence electrons. The SMILES string of the molecule is CC1CCC(N)CC1C(=O)N1CCC(N(C)C)CC1. The molecule has 3 unspecified atom stereocenters. The Balaban J connectivity index is 1.90. The number of hydrogen-bond acceptors (Lipinski definition) is 3. The zero-order valence-corrected chi connectivity index (χ0v) is 12.6. The zero-order chi connectivity index (χ0) is 14.0. The van der Waals surface area contributed by atoms with Crippen molar-refractivity contribution in [3.05, 3.63) is 0 Å². The number of amides is 1. The second-order valence-electron chi connectivity index (χ2n) is 6.68. The van der Waals surface area contributed by atoms with Crippen LogP contribution >= 0.6 is 0 Å². The maximum absolute atomic E-state index is 12.6. The minimum atomic E-state index is 0.166. The highest BCUT2D eigenvalue weighted by Crippen LogP contribution is 2.31. The molecule has 1 aliphatic heterocycles. The predicted octanol–water partition coefficient (Wildman–Crippen LogP) is 1.30. The van der Waals surface area contributed by atoms with E-state index in [0.29, 0.717) is 17.9 Å². The first-order chi connectivity index (χ1) is 8.99. The molecule has 0 radical (unpaired) electrons. The Morgan fingerprint density at radius 3 is 2.37 bits per heavy atom. The second kappa shape index (κ2) is 6.23. The summed E-state index contributed by atoms with van der Waals surface area (Å²) < 4.78 is 0. The van der Waals surface area contributed by atoms with Crippen molar-refractivity contribution in [2.75, 3.05) is 27.2 Å². The van der Waals surface area contributed by atoms with Gasteiger partial charge in [-0.15, -0.1) is 0 Å². The summed E-state index contributed by atoms with van der Waals surface area (Å²) in [5.41, 5.74) is 6.04. The van der Waals surface area contributed by atoms with Crippen LogP contribution in [0.1, 0.15) is 39.0 Å². The number of likely N-dealkylation sites (tertiary alicyclic amines) is 1. The van der Waals surface area contributed by atoms with Crippen LogP contribution in [0.15, 0.2) is 0 Å². The largest absolute Gasteiger partial charge is 0.342 e. The van der Waals surface area contributed by atoms with Gasteiger partial charge in [0.05, 0.1) is 0 Å². The Kier molecular flexibility index (Phi) is 4.85. The van der Waals surface area contributed by atoms with Crippen LogP contribution in [0.4, 0.5) is 0 Å². The third-order valence-electron chi connectivity index (χ3n) is 5.06. The van der Waals surface area contributed by atoms with E-state index in [2.05, 4.69) is 30.8 Å². The fourth-order valence-corrected chi connectivity index (χ4v) is 3.54. The van der Waals surface area contributed by atoms with E-state index < -0.39 is 0 Å². The Bertz CT molecular complexity index is 311. The van der Waals surface area contributed by atoms with Gasteiger partial charge in [-0.2, -0.15) is 0 Å². The zero-order valence-electron chi connectivity index (χ0n) is 12.6. The van der Waals surface area contributed by atoms with Crippen LogP contribution in [0.25, 0.3) is 0 Å². The van der Waals surface area contributed by atoms with E-state index >= 15 is 0 Å². The Morgan fingerprint density at radius 1 is 1.16 bits per heavy atom. The molecule has 19 heavy (non-hydrogen) atoms. The van der Waals surface area contributed by atoms with Gasteiger partial charge in [-0.25, -0.2) is 0 Å². The molecule has 1 saturated carbocycles. The molecule has 1 saturated heterocycles. The van der Waals surface area contributed by atoms with Crippen molar-refractivity contribution in [1.29, 1.82) is 0 Å². The molecule has 1 heterocycles. The third-order valence-corrected chi connectivity index (χ3v) is 5.06. The molecular weight excluding hydrogens is 238 g/mol. The van der Waals surface area contributed by atoms with Crippen LogP contribution in [0.5, 0.6) is 0 Å². The second-order valence-corrected chi connectivity index (χ2v) is 6.68. The van der Waals surface area contributed by atoms with Crippen LogP contribution < -0.4 is 5.73 Å². The van der Waals surface area contributed by atoms with E-state index in [9.17, 15) is 4.79 Å². The van der Waals surface area contributed by atoms with Gasteiger partial charge < -0.3 is 15.5 Å². The standard InChI is InChI=1S/C15H29N3O/c1-11-4-5-12(16)10-14(11)15(19)18-8-6-13(7-9-18)17(2)3/h11-14H,4-10,16H2,1-3H3. The van der Waals surface area contributed by atoms with Gasteiger partial charge in [-0.3, -0.25) is 4.79 Å². The first kappa shape index (κ1) is 14.8. The van der Waals surface area contributed by atoms with E-state index in [4.69, 9.17) is 5.73 Å². The van der Waals surface area contributed by atoms with E-state index in [-0.39, 0.29) is 12.0 Å². The summed E-state index contributed by atoms with van der Waals surface area (Å²) in [6.45, 7) is 4.04. The number of nitrogens with zero attached hydrogens (tertiary/aromatic N) is 2. The molecule has 2 aliphatic rings. The molecule has 2 rings (SSSR count). The predicted molar refractivity (Wildman–Crippen MR) is 77.8 cm³/mol. The minimum absolute atomic E-state index is 0.166. The van der Waals surface area contributed by atoms with Gasteiger partial charge in [-0.05, 0) is 52.1 Å². The van der Waals surface area contributed by atoms with Crippen LogP contribution in [0, 0.1) is 11.8 Å². The molecule has 4 nitrogen and oxygen atoms in total. The lowest BCUT2D eigenvalue weighted by molar-refractivity contribution is -0.140. The molecule has 0 aromatic carbocycles. The van der Waals surface area contributed by atoms with Gasteiger partial charge >= 0.3 is 0 Å². The van der Waals surface area contributed by atoms with Crippen LogP contribution in [0.3, 0.4) is 0 Å². The minimum Gasteiger partial charge on any atom is -0.342 e. The average Bonchev–Trinajstić information content (AvgIpc) is 2.41. The maximum Gasteiger partial charge on any atom is 0.226 e. The van der Waals surface area contributed by atoms with Gasteiger partial charge in [0.15, 0.2) is 0 Å². The molecular formula is C15H29N3O. The topological polar surface area (TPSA) is 49.6 Å². The van der Waals surface area contributed by atoms with E-state index in [1.807, 2.05) is 0 Å². The number of hydrogen-bond donors (Lipinski definition) is 1. The quantitative estimate of drug-likeness (QED) is 0.820. The molecule has 1 amide bonds. The van der Waals surface area contributed by atoms with Crippen LogP contribution in [-0.4, -0.2) is 55.0 Å². The van der Waals surface area contributed by atoms with Gasteiger partial charge in [-0.1, -0.05) is 6.92 Å². The lowest BCUT2D eigenvalue weighted by Gasteiger charge is -2.39. The van der Waals surface area contributed by atoms with Crippen molar-refractivity contribution in [1.82, 2.24) is 9.80 Å². The van der Waals surface area contributed by atoms with E-state index in [1.165, 1.54) is 0 Å². The van der Waals surface area contributed by atoms with E-state index in [0.717, 1.165) is 45.2 Å². The van der Waals surface area contributed by atoms with Gasteiger partial charge in [0, 0.05) is 31.1 Å². The van der Waals surface area contributed by atoms with Crippen molar-refractivity contribution < 1.29 is 4.79 Å². The molecule has 3 atom stereocenters. The smallest absolute Gasteiger partial charge is 0.226 e. The molecule has 0 aromatic heterocycles. The number of rotatable bonds is 2. The highest BCUT2D eigenvalue weighted by atomic mass is 16.2. The molecule has 1 aliphatic carbocycles. The fourth-order valence-electron chi connectivity index (χ4n) is 3.54. The number of piperidine rings is 1. The third kappa shape index (κ3) is 3.48. The van der Waals surface area contributed by atoms with Gasteiger partial charge in [0.25, 0.3) is 0 Å². The molecule has 2 fully saturated rings. The first-order valence-electron chi connectivity index (χ1n) is 7.69. The average molecular weight is 267 g/mol. The van der Waals surface area contributed by atoms with Crippen molar-refractivity contribution >= 4 is 5.91 Å². The summed E-state index contributed by atoms with van der Waals surface area (Å²) in [6.07, 6.45) is 5.27. The lowest BCUT2D eigenvalue weighted by atomic mass is 9.77. The Hall–Kier alpha value is -0.610. The highest BCUT2D eigenvalue weighted by molar-refractivity contribution is 5.79. The lowest BCUT2D eigenvalue weighted by Crippen LogP contribution is -2.49. The van der Waals surface area contributed by atoms with Crippen molar-refractivity contribution in [3.8, 4) is 0 Å². The summed E-state index contributed by atoms with van der Waals surface area (Å²) in [7, 11) is 4.26. The maximum atomic E-state index is 12.6. The normalized spacial score (nSPS) is 33.7. The molecule has 2 N–H and O–H groups in total. The van der Waals surface area contributed by atoms with Crippen molar-refractivity contribution in [2.24, 2.45) is 17.6 Å². The molecule has 0 bridgehead atoms. The summed E-state index contributed by atoms with van der Waals surface area (Å²) in [4.78, 5) is 17.0. The number of carbonyl (C=O) groups excluding carboxylic acids is 1. The Morgan fingerprint density at radius 2 is 1.79 bits per heavy atom. The van der Waals surface area contributed by atoms with Crippen LogP contribution in [0.2, 0.25) is 0 Å². The number of carbonyl (C=O) groups is 1. The molecule has 4 heteroatoms. The summed E-state index contributed by atoms with van der Waals surface area (Å²) >= 11 is 0. The summed E-state index contributed by atoms with van der Waals surface area (Å²) in [5, 5.41) is 0. The first-order valence-corrected chi connectivity index (χ1v) is 7.69.